The van der Waals surface area contributed by atoms with Crippen molar-refractivity contribution in [2.45, 2.75) is 52.2 Å². The summed E-state index contributed by atoms with van der Waals surface area (Å²) in [6.07, 6.45) is 2.33. The topological polar surface area (TPSA) is 24.5 Å². The summed E-state index contributed by atoms with van der Waals surface area (Å²) < 4.78 is 5.44. The molecular formula is C17H30N2O. The van der Waals surface area contributed by atoms with Crippen molar-refractivity contribution in [1.82, 2.24) is 10.2 Å². The zero-order valence-corrected chi connectivity index (χ0v) is 13.6. The van der Waals surface area contributed by atoms with Crippen molar-refractivity contribution in [3.63, 3.8) is 0 Å². The number of nitrogens with zero attached hydrogens (tertiary/aromatic N) is 1. The Morgan fingerprint density at radius 2 is 1.95 bits per heavy atom. The van der Waals surface area contributed by atoms with Crippen molar-refractivity contribution in [1.29, 1.82) is 0 Å². The number of likely N-dealkylation sites (N-methyl/N-ethyl adjacent to an activating group) is 1. The molecule has 3 nitrogen and oxygen atoms in total. The summed E-state index contributed by atoms with van der Waals surface area (Å²) in [5, 5.41) is 3.64. The molecule has 1 N–H and O–H groups in total. The molecule has 0 saturated heterocycles. The molecule has 2 unspecified atom stereocenters. The third-order valence-corrected chi connectivity index (χ3v) is 3.99. The predicted molar refractivity (Wildman–Crippen MR) is 86.3 cm³/mol. The van der Waals surface area contributed by atoms with Gasteiger partial charge in [-0.25, -0.2) is 0 Å². The van der Waals surface area contributed by atoms with Crippen LogP contribution < -0.4 is 10.1 Å². The number of nitrogens with one attached hydrogen (secondary N) is 1. The van der Waals surface area contributed by atoms with E-state index in [0.717, 1.165) is 25.3 Å². The number of hydrogen-bond donors (Lipinski definition) is 1. The maximum absolute atomic E-state index is 5.44. The molecule has 0 bridgehead atoms. The highest BCUT2D eigenvalue weighted by atomic mass is 16.5. The van der Waals surface area contributed by atoms with Crippen molar-refractivity contribution in [3.05, 3.63) is 29.8 Å². The molecule has 1 aromatic carbocycles. The molecule has 20 heavy (non-hydrogen) atoms. The Labute approximate surface area is 124 Å². The van der Waals surface area contributed by atoms with Crippen LogP contribution in [0.4, 0.5) is 0 Å². The van der Waals surface area contributed by atoms with E-state index < -0.39 is 0 Å². The lowest BCUT2D eigenvalue weighted by Gasteiger charge is -2.32. The maximum atomic E-state index is 5.44. The molecule has 3 heteroatoms. The van der Waals surface area contributed by atoms with Gasteiger partial charge in [0.15, 0.2) is 0 Å². The van der Waals surface area contributed by atoms with Gasteiger partial charge in [-0.3, -0.25) is 4.90 Å². The van der Waals surface area contributed by atoms with E-state index in [9.17, 15) is 0 Å². The van der Waals surface area contributed by atoms with Gasteiger partial charge < -0.3 is 10.1 Å². The number of para-hydroxylation sites is 1. The highest BCUT2D eigenvalue weighted by molar-refractivity contribution is 5.33. The smallest absolute Gasteiger partial charge is 0.123 e. The van der Waals surface area contributed by atoms with Gasteiger partial charge in [0.1, 0.15) is 5.75 Å². The van der Waals surface area contributed by atoms with Gasteiger partial charge in [0, 0.05) is 24.2 Å². The lowest BCUT2D eigenvalue weighted by atomic mass is 10.0. The quantitative estimate of drug-likeness (QED) is 0.750. The number of ether oxygens (including phenoxy) is 1. The summed E-state index contributed by atoms with van der Waals surface area (Å²) in [5.41, 5.74) is 1.25. The standard InChI is InChI=1S/C17H30N2O/c1-6-12-18-16(7-2)14(3)19(4)13-15-10-8-9-11-17(15)20-5/h8-11,14,16,18H,6-7,12-13H2,1-5H3. The van der Waals surface area contributed by atoms with Crippen LogP contribution >= 0.6 is 0 Å². The number of methoxy groups -OCH3 is 1. The van der Waals surface area contributed by atoms with Gasteiger partial charge in [-0.15, -0.1) is 0 Å². The van der Waals surface area contributed by atoms with Gasteiger partial charge in [-0.05, 0) is 39.4 Å². The number of rotatable bonds is 9. The van der Waals surface area contributed by atoms with Crippen LogP contribution in [0.15, 0.2) is 24.3 Å². The van der Waals surface area contributed by atoms with Crippen LogP contribution in [-0.4, -0.2) is 37.7 Å². The molecule has 1 aromatic rings. The van der Waals surface area contributed by atoms with Crippen molar-refractivity contribution in [2.24, 2.45) is 0 Å². The summed E-state index contributed by atoms with van der Waals surface area (Å²) >= 11 is 0. The van der Waals surface area contributed by atoms with E-state index in [1.54, 1.807) is 7.11 Å². The summed E-state index contributed by atoms with van der Waals surface area (Å²) in [5.74, 6) is 0.973. The Hall–Kier alpha value is -1.06. The Morgan fingerprint density at radius 1 is 1.25 bits per heavy atom. The van der Waals surface area contributed by atoms with E-state index in [2.05, 4.69) is 50.2 Å². The molecule has 2 atom stereocenters. The Kier molecular flexibility index (Phi) is 7.63. The molecule has 0 aliphatic rings. The summed E-state index contributed by atoms with van der Waals surface area (Å²) in [7, 11) is 3.92. The molecule has 0 aliphatic carbocycles. The second kappa shape index (κ2) is 8.98. The van der Waals surface area contributed by atoms with Gasteiger partial charge in [0.2, 0.25) is 0 Å². The first-order chi connectivity index (χ1) is 9.63. The largest absolute Gasteiger partial charge is 0.496 e. The van der Waals surface area contributed by atoms with E-state index in [0.29, 0.717) is 12.1 Å². The normalized spacial score (nSPS) is 14.3. The van der Waals surface area contributed by atoms with Crippen molar-refractivity contribution >= 4 is 0 Å². The minimum absolute atomic E-state index is 0.497. The second-order valence-corrected chi connectivity index (χ2v) is 5.44. The van der Waals surface area contributed by atoms with Crippen LogP contribution in [-0.2, 0) is 6.54 Å². The van der Waals surface area contributed by atoms with Gasteiger partial charge in [-0.1, -0.05) is 32.0 Å². The molecule has 0 heterocycles. The Morgan fingerprint density at radius 3 is 2.55 bits per heavy atom. The van der Waals surface area contributed by atoms with Crippen molar-refractivity contribution < 1.29 is 4.74 Å². The van der Waals surface area contributed by atoms with E-state index in [1.165, 1.54) is 12.0 Å². The third-order valence-electron chi connectivity index (χ3n) is 3.99. The fourth-order valence-corrected chi connectivity index (χ4v) is 2.54. The molecule has 0 aliphatic heterocycles. The Bertz CT molecular complexity index is 381. The fraction of sp³-hybridized carbons (Fsp3) is 0.647. The predicted octanol–water partition coefficient (Wildman–Crippen LogP) is 3.29. The minimum atomic E-state index is 0.497. The zero-order valence-electron chi connectivity index (χ0n) is 13.6. The Balaban J connectivity index is 2.66. The average molecular weight is 278 g/mol. The van der Waals surface area contributed by atoms with E-state index in [4.69, 9.17) is 4.74 Å². The minimum Gasteiger partial charge on any atom is -0.496 e. The van der Waals surface area contributed by atoms with Crippen LogP contribution in [0.2, 0.25) is 0 Å². The van der Waals surface area contributed by atoms with E-state index in [1.807, 2.05) is 12.1 Å². The summed E-state index contributed by atoms with van der Waals surface area (Å²) in [4.78, 5) is 2.40. The molecule has 0 radical (unpaired) electrons. The monoisotopic (exact) mass is 278 g/mol. The van der Waals surface area contributed by atoms with Crippen LogP contribution in [0, 0.1) is 0 Å². The van der Waals surface area contributed by atoms with Crippen LogP contribution in [0.3, 0.4) is 0 Å². The lowest BCUT2D eigenvalue weighted by Crippen LogP contribution is -2.46. The molecular weight excluding hydrogens is 248 g/mol. The molecule has 0 amide bonds. The highest BCUT2D eigenvalue weighted by Gasteiger charge is 2.19. The first-order valence-corrected chi connectivity index (χ1v) is 7.69. The van der Waals surface area contributed by atoms with Gasteiger partial charge in [0.25, 0.3) is 0 Å². The van der Waals surface area contributed by atoms with Crippen LogP contribution in [0.5, 0.6) is 5.75 Å². The zero-order chi connectivity index (χ0) is 15.0. The SMILES string of the molecule is CCCNC(CC)C(C)N(C)Cc1ccccc1OC. The van der Waals surface area contributed by atoms with Gasteiger partial charge >= 0.3 is 0 Å². The lowest BCUT2D eigenvalue weighted by molar-refractivity contribution is 0.193. The maximum Gasteiger partial charge on any atom is 0.123 e. The fourth-order valence-electron chi connectivity index (χ4n) is 2.54. The molecule has 1 rings (SSSR count). The molecule has 114 valence electrons. The van der Waals surface area contributed by atoms with Crippen molar-refractivity contribution in [2.75, 3.05) is 20.7 Å². The first kappa shape index (κ1) is 17.0. The van der Waals surface area contributed by atoms with Crippen LogP contribution in [0.25, 0.3) is 0 Å². The van der Waals surface area contributed by atoms with Crippen molar-refractivity contribution in [3.8, 4) is 5.75 Å². The highest BCUT2D eigenvalue weighted by Crippen LogP contribution is 2.20. The average Bonchev–Trinajstić information content (AvgIpc) is 2.48. The van der Waals surface area contributed by atoms with Gasteiger partial charge in [0.05, 0.1) is 7.11 Å². The molecule has 0 saturated carbocycles. The summed E-state index contributed by atoms with van der Waals surface area (Å²) in [6.45, 7) is 8.76. The third kappa shape index (κ3) is 4.80. The first-order valence-electron chi connectivity index (χ1n) is 7.69. The van der Waals surface area contributed by atoms with E-state index in [-0.39, 0.29) is 0 Å². The van der Waals surface area contributed by atoms with E-state index >= 15 is 0 Å². The second-order valence-electron chi connectivity index (χ2n) is 5.44. The van der Waals surface area contributed by atoms with Gasteiger partial charge in [-0.2, -0.15) is 0 Å². The molecule has 0 fully saturated rings. The molecule has 0 aromatic heterocycles. The summed E-state index contributed by atoms with van der Waals surface area (Å²) in [6, 6.07) is 9.29. The number of hydrogen-bond acceptors (Lipinski definition) is 3. The molecule has 0 spiro atoms. The van der Waals surface area contributed by atoms with Crippen LogP contribution in [0.1, 0.15) is 39.2 Å². The number of benzene rings is 1.